The minimum absolute atomic E-state index is 0.0679. The quantitative estimate of drug-likeness (QED) is 0.586. The second-order valence-corrected chi connectivity index (χ2v) is 5.17. The second kappa shape index (κ2) is 8.53. The Morgan fingerprint density at radius 2 is 1.96 bits per heavy atom. The molecule has 1 atom stereocenters. The lowest BCUT2D eigenvalue weighted by molar-refractivity contribution is -0.199. The van der Waals surface area contributed by atoms with Gasteiger partial charge in [0.15, 0.2) is 11.9 Å². The summed E-state index contributed by atoms with van der Waals surface area (Å²) in [4.78, 5) is 35.5. The largest absolute Gasteiger partial charge is 0.437 e. The highest BCUT2D eigenvalue weighted by molar-refractivity contribution is 5.72. The molecule has 26 heavy (non-hydrogen) atoms. The fourth-order valence-corrected chi connectivity index (χ4v) is 2.00. The summed E-state index contributed by atoms with van der Waals surface area (Å²) in [5, 5.41) is 12.0. The van der Waals surface area contributed by atoms with Gasteiger partial charge in [-0.25, -0.2) is 9.97 Å². The third-order valence-corrected chi connectivity index (χ3v) is 3.03. The average Bonchev–Trinajstić information content (AvgIpc) is 2.62. The molecule has 1 N–H and O–H groups in total. The highest BCUT2D eigenvalue weighted by Gasteiger charge is 2.39. The van der Waals surface area contributed by atoms with Crippen LogP contribution in [0.5, 0.6) is 0 Å². The van der Waals surface area contributed by atoms with Crippen LogP contribution in [0.2, 0.25) is 0 Å². The number of nitrogens with one attached hydrogen (secondary N) is 1. The van der Waals surface area contributed by atoms with Crippen LogP contribution in [0, 0.1) is 11.3 Å². The van der Waals surface area contributed by atoms with Crippen LogP contribution < -0.4 is 5.32 Å². The van der Waals surface area contributed by atoms with Crippen LogP contribution in [-0.4, -0.2) is 32.8 Å². The number of hydrogen-bond acceptors (Lipinski definition) is 9. The van der Waals surface area contributed by atoms with E-state index in [-0.39, 0.29) is 12.2 Å². The van der Waals surface area contributed by atoms with E-state index in [1.807, 2.05) is 0 Å². The standard InChI is InChI=1S/C17H17N5O4/c1-3-4-15(24)26-17(11-18,25-12(2)23)22-14-7-10-20-16(21-14)13-5-8-19-9-6-13/h5-10H,3-4H2,1-2H3,(H,20,21,22). The van der Waals surface area contributed by atoms with Gasteiger partial charge < -0.3 is 9.47 Å². The van der Waals surface area contributed by atoms with Crippen LogP contribution in [0.4, 0.5) is 5.82 Å². The third-order valence-electron chi connectivity index (χ3n) is 3.03. The van der Waals surface area contributed by atoms with E-state index in [2.05, 4.69) is 20.3 Å². The van der Waals surface area contributed by atoms with Gasteiger partial charge in [0.25, 0.3) is 0 Å². The lowest BCUT2D eigenvalue weighted by Crippen LogP contribution is -2.46. The maximum Gasteiger partial charge on any atom is 0.437 e. The molecule has 1 unspecified atom stereocenters. The van der Waals surface area contributed by atoms with Crippen molar-refractivity contribution in [1.29, 1.82) is 5.26 Å². The highest BCUT2D eigenvalue weighted by Crippen LogP contribution is 2.20. The molecule has 9 heteroatoms. The van der Waals surface area contributed by atoms with Gasteiger partial charge in [0.2, 0.25) is 0 Å². The SMILES string of the molecule is CCCC(=O)OC(C#N)(Nc1ccnc(-c2ccncc2)n1)OC(C)=O. The Morgan fingerprint density at radius 1 is 1.23 bits per heavy atom. The fourth-order valence-electron chi connectivity index (χ4n) is 2.00. The number of carbonyl (C=O) groups is 2. The minimum atomic E-state index is -2.32. The van der Waals surface area contributed by atoms with Crippen molar-refractivity contribution in [3.63, 3.8) is 0 Å². The smallest absolute Gasteiger partial charge is 0.392 e. The van der Waals surface area contributed by atoms with Gasteiger partial charge in [0, 0.05) is 37.5 Å². The second-order valence-electron chi connectivity index (χ2n) is 5.17. The topological polar surface area (TPSA) is 127 Å². The molecule has 0 fully saturated rings. The van der Waals surface area contributed by atoms with Gasteiger partial charge in [0.1, 0.15) is 5.82 Å². The maximum atomic E-state index is 11.8. The van der Waals surface area contributed by atoms with Crippen LogP contribution in [0.15, 0.2) is 36.8 Å². The first-order valence-electron chi connectivity index (χ1n) is 7.82. The Morgan fingerprint density at radius 3 is 2.58 bits per heavy atom. The zero-order chi connectivity index (χ0) is 19.0. The number of pyridine rings is 1. The molecule has 134 valence electrons. The van der Waals surface area contributed by atoms with Crippen LogP contribution in [0.25, 0.3) is 11.4 Å². The fraction of sp³-hybridized carbons (Fsp3) is 0.294. The molecule has 2 aromatic heterocycles. The first-order valence-corrected chi connectivity index (χ1v) is 7.82. The molecule has 9 nitrogen and oxygen atoms in total. The van der Waals surface area contributed by atoms with Gasteiger partial charge >= 0.3 is 17.8 Å². The summed E-state index contributed by atoms with van der Waals surface area (Å²) < 4.78 is 9.99. The number of anilines is 1. The molecule has 0 radical (unpaired) electrons. The number of nitrogens with zero attached hydrogens (tertiary/aromatic N) is 4. The molecule has 0 aliphatic heterocycles. The average molecular weight is 355 g/mol. The number of carbonyl (C=O) groups excluding carboxylic acids is 2. The molecule has 0 saturated carbocycles. The van der Waals surface area contributed by atoms with E-state index in [1.165, 1.54) is 12.3 Å². The van der Waals surface area contributed by atoms with E-state index < -0.39 is 17.8 Å². The van der Waals surface area contributed by atoms with E-state index in [4.69, 9.17) is 9.47 Å². The molecule has 0 amide bonds. The van der Waals surface area contributed by atoms with Crippen molar-refractivity contribution in [3.05, 3.63) is 36.8 Å². The number of aromatic nitrogens is 3. The number of esters is 2. The van der Waals surface area contributed by atoms with E-state index >= 15 is 0 Å². The third kappa shape index (κ3) is 4.98. The number of rotatable bonds is 7. The van der Waals surface area contributed by atoms with E-state index in [0.29, 0.717) is 17.8 Å². The van der Waals surface area contributed by atoms with Crippen molar-refractivity contribution < 1.29 is 19.1 Å². The van der Waals surface area contributed by atoms with Gasteiger partial charge in [-0.05, 0) is 24.6 Å². The summed E-state index contributed by atoms with van der Waals surface area (Å²) in [7, 11) is 0. The molecule has 0 spiro atoms. The number of ether oxygens (including phenoxy) is 2. The minimum Gasteiger partial charge on any atom is -0.392 e. The first kappa shape index (κ1) is 18.8. The molecule has 2 aromatic rings. The molecule has 2 rings (SSSR count). The lowest BCUT2D eigenvalue weighted by Gasteiger charge is -2.26. The van der Waals surface area contributed by atoms with Crippen LogP contribution >= 0.6 is 0 Å². The van der Waals surface area contributed by atoms with Crippen molar-refractivity contribution in [2.45, 2.75) is 32.6 Å². The van der Waals surface area contributed by atoms with Gasteiger partial charge in [-0.3, -0.25) is 19.9 Å². The van der Waals surface area contributed by atoms with Crippen molar-refractivity contribution in [2.24, 2.45) is 0 Å². The van der Waals surface area contributed by atoms with Crippen LogP contribution in [0.1, 0.15) is 26.7 Å². The van der Waals surface area contributed by atoms with Crippen LogP contribution in [0.3, 0.4) is 0 Å². The predicted octanol–water partition coefficient (Wildman–Crippen LogP) is 2.03. The van der Waals surface area contributed by atoms with Crippen molar-refractivity contribution in [2.75, 3.05) is 5.32 Å². The van der Waals surface area contributed by atoms with Crippen molar-refractivity contribution in [3.8, 4) is 17.5 Å². The Labute approximate surface area is 150 Å². The van der Waals surface area contributed by atoms with Crippen molar-refractivity contribution >= 4 is 17.8 Å². The zero-order valence-electron chi connectivity index (χ0n) is 14.3. The number of hydrogen-bond donors (Lipinski definition) is 1. The highest BCUT2D eigenvalue weighted by atomic mass is 16.7. The molecular weight excluding hydrogens is 338 g/mol. The van der Waals surface area contributed by atoms with Crippen LogP contribution in [-0.2, 0) is 19.1 Å². The van der Waals surface area contributed by atoms with Gasteiger partial charge in [-0.2, -0.15) is 5.26 Å². The normalized spacial score (nSPS) is 12.3. The Kier molecular flexibility index (Phi) is 6.16. The molecule has 0 aliphatic carbocycles. The van der Waals surface area contributed by atoms with E-state index in [0.717, 1.165) is 6.92 Å². The molecule has 0 saturated heterocycles. The summed E-state index contributed by atoms with van der Waals surface area (Å²) in [6.07, 6.45) is 5.21. The predicted molar refractivity (Wildman–Crippen MR) is 90.0 cm³/mol. The van der Waals surface area contributed by atoms with Crippen molar-refractivity contribution in [1.82, 2.24) is 15.0 Å². The molecule has 0 bridgehead atoms. The monoisotopic (exact) mass is 355 g/mol. The Hall–Kier alpha value is -3.54. The lowest BCUT2D eigenvalue weighted by atomic mass is 10.2. The number of nitriles is 1. The van der Waals surface area contributed by atoms with E-state index in [9.17, 15) is 14.9 Å². The van der Waals surface area contributed by atoms with Gasteiger partial charge in [-0.15, -0.1) is 0 Å². The summed E-state index contributed by atoms with van der Waals surface area (Å²) >= 11 is 0. The Balaban J connectivity index is 2.31. The summed E-state index contributed by atoms with van der Waals surface area (Å²) in [5.74, 6) is -3.31. The molecule has 0 aromatic carbocycles. The molecular formula is C17H17N5O4. The summed E-state index contributed by atoms with van der Waals surface area (Å²) in [6.45, 7) is 2.88. The maximum absolute atomic E-state index is 11.8. The summed E-state index contributed by atoms with van der Waals surface area (Å²) in [5.41, 5.74) is 0.696. The Bertz CT molecular complexity index is 821. The molecule has 0 aliphatic rings. The summed E-state index contributed by atoms with van der Waals surface area (Å²) in [6, 6.07) is 6.55. The van der Waals surface area contributed by atoms with Gasteiger partial charge in [0.05, 0.1) is 0 Å². The van der Waals surface area contributed by atoms with E-state index in [1.54, 1.807) is 37.5 Å². The first-order chi connectivity index (χ1) is 12.5. The van der Waals surface area contributed by atoms with Gasteiger partial charge in [-0.1, -0.05) is 6.92 Å². The zero-order valence-corrected chi connectivity index (χ0v) is 14.3. The molecule has 2 heterocycles.